The molecule has 0 aliphatic carbocycles. The van der Waals surface area contributed by atoms with E-state index in [0.717, 1.165) is 0 Å². The second kappa shape index (κ2) is 6.42. The molecule has 0 amide bonds. The predicted molar refractivity (Wildman–Crippen MR) is 89.5 cm³/mol. The van der Waals surface area contributed by atoms with Crippen molar-refractivity contribution in [1.82, 2.24) is 0 Å². The summed E-state index contributed by atoms with van der Waals surface area (Å²) in [7, 11) is 0. The number of aliphatic hydroxyl groups excluding tert-OH is 1. The van der Waals surface area contributed by atoms with Gasteiger partial charge < -0.3 is 19.3 Å². The van der Waals surface area contributed by atoms with Crippen molar-refractivity contribution in [3.8, 4) is 0 Å². The zero-order valence-corrected chi connectivity index (χ0v) is 14.8. The molecule has 0 aromatic rings. The van der Waals surface area contributed by atoms with E-state index in [1.807, 2.05) is 13.8 Å². The van der Waals surface area contributed by atoms with Crippen LogP contribution in [0.3, 0.4) is 0 Å². The molecule has 0 unspecified atom stereocenters. The first-order valence-corrected chi connectivity index (χ1v) is 8.53. The Hall–Kier alpha value is -1.92. The Morgan fingerprint density at radius 2 is 2.16 bits per heavy atom. The van der Waals surface area contributed by atoms with E-state index in [4.69, 9.17) is 14.2 Å². The van der Waals surface area contributed by atoms with Crippen LogP contribution >= 0.6 is 0 Å². The Morgan fingerprint density at radius 3 is 2.80 bits per heavy atom. The van der Waals surface area contributed by atoms with Gasteiger partial charge in [0.2, 0.25) is 5.78 Å². The van der Waals surface area contributed by atoms with Gasteiger partial charge in [0.25, 0.3) is 0 Å². The van der Waals surface area contributed by atoms with Crippen LogP contribution in [0.25, 0.3) is 0 Å². The smallest absolute Gasteiger partial charge is 0.334 e. The van der Waals surface area contributed by atoms with Crippen LogP contribution in [0.5, 0.6) is 0 Å². The van der Waals surface area contributed by atoms with Gasteiger partial charge in [0, 0.05) is 30.2 Å². The summed E-state index contributed by atoms with van der Waals surface area (Å²) < 4.78 is 17.4. The van der Waals surface area contributed by atoms with E-state index < -0.39 is 29.7 Å². The Balaban J connectivity index is 2.04. The summed E-state index contributed by atoms with van der Waals surface area (Å²) in [6.45, 7) is 9.80. The highest BCUT2D eigenvalue weighted by atomic mass is 16.6. The third-order valence-corrected chi connectivity index (χ3v) is 4.87. The van der Waals surface area contributed by atoms with Crippen molar-refractivity contribution in [3.05, 3.63) is 35.6 Å². The second-order valence-electron chi connectivity index (χ2n) is 7.45. The molecule has 3 aliphatic heterocycles. The van der Waals surface area contributed by atoms with Crippen molar-refractivity contribution in [2.45, 2.75) is 45.0 Å². The van der Waals surface area contributed by atoms with Crippen LogP contribution in [0.1, 0.15) is 27.2 Å². The lowest BCUT2D eigenvalue weighted by atomic mass is 9.82. The molecule has 2 bridgehead atoms. The van der Waals surface area contributed by atoms with Gasteiger partial charge in [-0.25, -0.2) is 4.79 Å². The topological polar surface area (TPSA) is 82.1 Å². The van der Waals surface area contributed by atoms with E-state index in [0.29, 0.717) is 29.4 Å². The fourth-order valence-electron chi connectivity index (χ4n) is 3.48. The summed E-state index contributed by atoms with van der Waals surface area (Å²) in [6.07, 6.45) is 2.27. The first kappa shape index (κ1) is 17.9. The third kappa shape index (κ3) is 3.16. The molecule has 25 heavy (non-hydrogen) atoms. The SMILES string of the molecule is C=C1C(=O)O[C@H]2/C=C(/CO)C3=CC(=O)[C@@](C)(C[C@@H](OCC(C)C)[C@@H]12)O3. The molecule has 3 rings (SSSR count). The minimum absolute atomic E-state index is 0.172. The molecule has 3 aliphatic rings. The van der Waals surface area contributed by atoms with Gasteiger partial charge in [-0.15, -0.1) is 0 Å². The van der Waals surface area contributed by atoms with Crippen LogP contribution in [0.4, 0.5) is 0 Å². The first-order valence-electron chi connectivity index (χ1n) is 8.53. The Bertz CT molecular complexity index is 673. The van der Waals surface area contributed by atoms with Crippen molar-refractivity contribution in [2.75, 3.05) is 13.2 Å². The molecular weight excluding hydrogens is 324 g/mol. The predicted octanol–water partition coefficient (Wildman–Crippen LogP) is 1.69. The second-order valence-corrected chi connectivity index (χ2v) is 7.45. The number of hydrogen-bond acceptors (Lipinski definition) is 6. The number of ether oxygens (including phenoxy) is 3. The molecule has 6 nitrogen and oxygen atoms in total. The van der Waals surface area contributed by atoms with Crippen LogP contribution in [0.15, 0.2) is 35.6 Å². The summed E-state index contributed by atoms with van der Waals surface area (Å²) in [5.41, 5.74) is -0.333. The lowest BCUT2D eigenvalue weighted by molar-refractivity contribution is -0.139. The highest BCUT2D eigenvalue weighted by Gasteiger charge is 2.51. The molecule has 6 heteroatoms. The molecule has 0 spiro atoms. The number of carbonyl (C=O) groups excluding carboxylic acids is 2. The fourth-order valence-corrected chi connectivity index (χ4v) is 3.48. The zero-order chi connectivity index (χ0) is 18.4. The molecule has 3 heterocycles. The minimum atomic E-state index is -1.09. The van der Waals surface area contributed by atoms with E-state index >= 15 is 0 Å². The van der Waals surface area contributed by atoms with Crippen molar-refractivity contribution in [2.24, 2.45) is 11.8 Å². The summed E-state index contributed by atoms with van der Waals surface area (Å²) >= 11 is 0. The van der Waals surface area contributed by atoms with Crippen LogP contribution in [-0.4, -0.2) is 47.9 Å². The summed E-state index contributed by atoms with van der Waals surface area (Å²) in [5, 5.41) is 9.69. The lowest BCUT2D eigenvalue weighted by Gasteiger charge is -2.32. The van der Waals surface area contributed by atoms with E-state index in [9.17, 15) is 14.7 Å². The van der Waals surface area contributed by atoms with E-state index in [1.54, 1.807) is 13.0 Å². The largest absolute Gasteiger partial charge is 0.479 e. The van der Waals surface area contributed by atoms with Gasteiger partial charge in [-0.3, -0.25) is 4.79 Å². The number of carbonyl (C=O) groups is 2. The molecule has 0 radical (unpaired) electrons. The van der Waals surface area contributed by atoms with Crippen LogP contribution in [-0.2, 0) is 23.8 Å². The fraction of sp³-hybridized carbons (Fsp3) is 0.579. The lowest BCUT2D eigenvalue weighted by Crippen LogP contribution is -2.42. The van der Waals surface area contributed by atoms with Gasteiger partial charge in [-0.05, 0) is 18.9 Å². The summed E-state index contributed by atoms with van der Waals surface area (Å²) in [5.74, 6) is -0.439. The number of hydrogen-bond donors (Lipinski definition) is 1. The normalized spacial score (nSPS) is 36.7. The third-order valence-electron chi connectivity index (χ3n) is 4.87. The standard InChI is InChI=1S/C19H24O6/c1-10(2)9-23-15-7-19(4)16(21)6-13(25-19)12(8-20)5-14-17(15)11(3)18(22)24-14/h5-6,10,14-15,17,20H,3,7-9H2,1-2,4H3/b12-5-/t14-,15+,17-,19+/m0/s1. The summed E-state index contributed by atoms with van der Waals surface area (Å²) in [6, 6.07) is 0. The molecule has 4 atom stereocenters. The van der Waals surface area contributed by atoms with E-state index in [2.05, 4.69) is 6.58 Å². The molecule has 1 N–H and O–H groups in total. The van der Waals surface area contributed by atoms with Gasteiger partial charge >= 0.3 is 5.97 Å². The van der Waals surface area contributed by atoms with Gasteiger partial charge in [0.1, 0.15) is 11.9 Å². The maximum absolute atomic E-state index is 12.5. The zero-order valence-electron chi connectivity index (χ0n) is 14.8. The minimum Gasteiger partial charge on any atom is -0.479 e. The summed E-state index contributed by atoms with van der Waals surface area (Å²) in [4.78, 5) is 24.6. The molecule has 136 valence electrons. The number of ketones is 1. The molecule has 0 saturated carbocycles. The quantitative estimate of drug-likeness (QED) is 0.615. The highest BCUT2D eigenvalue weighted by molar-refractivity contribution is 6.00. The first-order chi connectivity index (χ1) is 11.7. The molecular formula is C19H24O6. The van der Waals surface area contributed by atoms with Crippen molar-refractivity contribution in [3.63, 3.8) is 0 Å². The van der Waals surface area contributed by atoms with Crippen LogP contribution < -0.4 is 0 Å². The number of esters is 1. The van der Waals surface area contributed by atoms with Crippen molar-refractivity contribution < 1.29 is 28.9 Å². The van der Waals surface area contributed by atoms with Crippen LogP contribution in [0.2, 0.25) is 0 Å². The average molecular weight is 348 g/mol. The van der Waals surface area contributed by atoms with Gasteiger partial charge in [0.15, 0.2) is 5.60 Å². The Kier molecular flexibility index (Phi) is 4.60. The van der Waals surface area contributed by atoms with Crippen LogP contribution in [0, 0.1) is 11.8 Å². The number of rotatable bonds is 4. The number of fused-ring (bicyclic) bond motifs is 3. The average Bonchev–Trinajstić information content (AvgIpc) is 2.99. The van der Waals surface area contributed by atoms with E-state index in [1.165, 1.54) is 6.08 Å². The maximum Gasteiger partial charge on any atom is 0.334 e. The maximum atomic E-state index is 12.5. The van der Waals surface area contributed by atoms with Crippen molar-refractivity contribution >= 4 is 11.8 Å². The molecule has 0 aromatic heterocycles. The molecule has 1 fully saturated rings. The molecule has 1 saturated heterocycles. The van der Waals surface area contributed by atoms with Crippen molar-refractivity contribution in [1.29, 1.82) is 0 Å². The highest BCUT2D eigenvalue weighted by Crippen LogP contribution is 2.42. The van der Waals surface area contributed by atoms with Gasteiger partial charge in [0.05, 0.1) is 18.6 Å². The Labute approximate surface area is 147 Å². The van der Waals surface area contributed by atoms with Gasteiger partial charge in [-0.1, -0.05) is 20.4 Å². The van der Waals surface area contributed by atoms with E-state index in [-0.39, 0.29) is 18.8 Å². The Morgan fingerprint density at radius 1 is 1.44 bits per heavy atom. The monoisotopic (exact) mass is 348 g/mol. The van der Waals surface area contributed by atoms with Gasteiger partial charge in [-0.2, -0.15) is 0 Å². The number of aliphatic hydroxyl groups is 1. The molecule has 0 aromatic carbocycles.